The highest BCUT2D eigenvalue weighted by atomic mass is 16.5. The predicted octanol–water partition coefficient (Wildman–Crippen LogP) is 2.83. The summed E-state index contributed by atoms with van der Waals surface area (Å²) in [6, 6.07) is 10.6. The van der Waals surface area contributed by atoms with Crippen LogP contribution in [-0.2, 0) is 0 Å². The molecule has 0 aliphatic carbocycles. The molecule has 7 heteroatoms. The van der Waals surface area contributed by atoms with Crippen LogP contribution in [0.3, 0.4) is 0 Å². The number of rotatable bonds is 4. The van der Waals surface area contributed by atoms with Crippen LogP contribution >= 0.6 is 0 Å². The molecule has 0 unspecified atom stereocenters. The van der Waals surface area contributed by atoms with Gasteiger partial charge >= 0.3 is 0 Å². The molecule has 2 aromatic heterocycles. The maximum absolute atomic E-state index is 12.8. The third-order valence-corrected chi connectivity index (χ3v) is 4.75. The second kappa shape index (κ2) is 7.11. The molecule has 1 saturated heterocycles. The van der Waals surface area contributed by atoms with Gasteiger partial charge < -0.3 is 15.0 Å². The molecule has 3 heterocycles. The van der Waals surface area contributed by atoms with E-state index in [1.54, 1.807) is 54.1 Å². The molecule has 0 radical (unpaired) electrons. The van der Waals surface area contributed by atoms with Crippen LogP contribution in [0, 0.1) is 0 Å². The number of hydrogen-bond acceptors (Lipinski definition) is 4. The number of ether oxygens (including phenoxy) is 1. The molecule has 27 heavy (non-hydrogen) atoms. The molecule has 7 nitrogen and oxygen atoms in total. The van der Waals surface area contributed by atoms with E-state index in [4.69, 9.17) is 4.74 Å². The number of carbonyl (C=O) groups excluding carboxylic acids is 2. The van der Waals surface area contributed by atoms with Crippen LogP contribution < -0.4 is 10.1 Å². The van der Waals surface area contributed by atoms with E-state index in [1.165, 1.54) is 6.20 Å². The maximum atomic E-state index is 12.8. The highest BCUT2D eigenvalue weighted by molar-refractivity contribution is 6.08. The van der Waals surface area contributed by atoms with Crippen molar-refractivity contribution in [3.8, 4) is 5.75 Å². The number of para-hydroxylation sites is 1. The SMILES string of the molecule is COc1ccn2c(C(=O)Nc3ccccc3C(=O)N3CCCC3)cnc2c1. The van der Waals surface area contributed by atoms with Gasteiger partial charge in [0, 0.05) is 25.4 Å². The number of fused-ring (bicyclic) bond motifs is 1. The van der Waals surface area contributed by atoms with E-state index in [2.05, 4.69) is 10.3 Å². The minimum Gasteiger partial charge on any atom is -0.497 e. The Hall–Kier alpha value is -3.35. The molecule has 3 aromatic rings. The molecular weight excluding hydrogens is 344 g/mol. The molecule has 1 N–H and O–H groups in total. The summed E-state index contributed by atoms with van der Waals surface area (Å²) in [5, 5.41) is 2.86. The number of benzene rings is 1. The number of imidazole rings is 1. The normalized spacial score (nSPS) is 13.7. The summed E-state index contributed by atoms with van der Waals surface area (Å²) in [7, 11) is 1.58. The number of aromatic nitrogens is 2. The minimum atomic E-state index is -0.325. The fourth-order valence-corrected chi connectivity index (χ4v) is 3.31. The lowest BCUT2D eigenvalue weighted by molar-refractivity contribution is 0.0794. The first-order valence-corrected chi connectivity index (χ1v) is 8.88. The van der Waals surface area contributed by atoms with Crippen LogP contribution in [-0.4, -0.2) is 46.3 Å². The Morgan fingerprint density at radius 3 is 2.70 bits per heavy atom. The molecule has 1 fully saturated rings. The number of methoxy groups -OCH3 is 1. The van der Waals surface area contributed by atoms with Crippen molar-refractivity contribution in [1.29, 1.82) is 0 Å². The molecule has 1 aliphatic heterocycles. The molecule has 2 amide bonds. The van der Waals surface area contributed by atoms with E-state index in [0.29, 0.717) is 28.3 Å². The van der Waals surface area contributed by atoms with Crippen LogP contribution in [0.15, 0.2) is 48.8 Å². The summed E-state index contributed by atoms with van der Waals surface area (Å²) in [4.78, 5) is 31.7. The van der Waals surface area contributed by atoms with Crippen LogP contribution in [0.4, 0.5) is 5.69 Å². The van der Waals surface area contributed by atoms with Gasteiger partial charge in [-0.1, -0.05) is 12.1 Å². The zero-order valence-electron chi connectivity index (χ0n) is 15.0. The number of amides is 2. The van der Waals surface area contributed by atoms with E-state index in [0.717, 1.165) is 25.9 Å². The molecule has 1 aromatic carbocycles. The average Bonchev–Trinajstić information content (AvgIpc) is 3.37. The molecule has 4 rings (SSSR count). The Labute approximate surface area is 156 Å². The van der Waals surface area contributed by atoms with Gasteiger partial charge in [0.25, 0.3) is 11.8 Å². The monoisotopic (exact) mass is 364 g/mol. The van der Waals surface area contributed by atoms with Gasteiger partial charge in [0.05, 0.1) is 24.6 Å². The van der Waals surface area contributed by atoms with Gasteiger partial charge in [0.15, 0.2) is 0 Å². The topological polar surface area (TPSA) is 75.9 Å². The summed E-state index contributed by atoms with van der Waals surface area (Å²) in [6.07, 6.45) is 5.28. The van der Waals surface area contributed by atoms with Gasteiger partial charge in [-0.3, -0.25) is 14.0 Å². The van der Waals surface area contributed by atoms with Crippen LogP contribution in [0.1, 0.15) is 33.7 Å². The van der Waals surface area contributed by atoms with Gasteiger partial charge in [0.2, 0.25) is 0 Å². The zero-order chi connectivity index (χ0) is 18.8. The fraction of sp³-hybridized carbons (Fsp3) is 0.250. The largest absolute Gasteiger partial charge is 0.497 e. The van der Waals surface area contributed by atoms with Crippen molar-refractivity contribution in [2.24, 2.45) is 0 Å². The van der Waals surface area contributed by atoms with Crippen molar-refractivity contribution in [3.63, 3.8) is 0 Å². The summed E-state index contributed by atoms with van der Waals surface area (Å²) >= 11 is 0. The van der Waals surface area contributed by atoms with Crippen molar-refractivity contribution < 1.29 is 14.3 Å². The standard InChI is InChI=1S/C20H20N4O3/c1-27-14-8-11-24-17(13-21-18(24)12-14)19(25)22-16-7-3-2-6-15(16)20(26)23-9-4-5-10-23/h2-3,6-8,11-13H,4-5,9-10H2,1H3,(H,22,25). The number of pyridine rings is 1. The zero-order valence-corrected chi connectivity index (χ0v) is 15.0. The summed E-state index contributed by atoms with van der Waals surface area (Å²) in [6.45, 7) is 1.52. The van der Waals surface area contributed by atoms with Crippen molar-refractivity contribution in [2.45, 2.75) is 12.8 Å². The highest BCUT2D eigenvalue weighted by Crippen LogP contribution is 2.21. The van der Waals surface area contributed by atoms with Crippen LogP contribution in [0.25, 0.3) is 5.65 Å². The Morgan fingerprint density at radius 1 is 1.15 bits per heavy atom. The van der Waals surface area contributed by atoms with Gasteiger partial charge in [-0.05, 0) is 31.0 Å². The number of likely N-dealkylation sites (tertiary alicyclic amines) is 1. The number of carbonyl (C=O) groups is 2. The summed E-state index contributed by atoms with van der Waals surface area (Å²) < 4.78 is 6.87. The quantitative estimate of drug-likeness (QED) is 0.772. The Morgan fingerprint density at radius 2 is 1.93 bits per heavy atom. The van der Waals surface area contributed by atoms with E-state index in [1.807, 2.05) is 4.90 Å². The first-order valence-electron chi connectivity index (χ1n) is 8.88. The maximum Gasteiger partial charge on any atom is 0.274 e. The van der Waals surface area contributed by atoms with Gasteiger partial charge in [-0.25, -0.2) is 4.98 Å². The van der Waals surface area contributed by atoms with Gasteiger partial charge in [0.1, 0.15) is 17.1 Å². The Balaban J connectivity index is 1.61. The lowest BCUT2D eigenvalue weighted by Gasteiger charge is -2.17. The number of nitrogens with zero attached hydrogens (tertiary/aromatic N) is 3. The second-order valence-corrected chi connectivity index (χ2v) is 6.44. The minimum absolute atomic E-state index is 0.0497. The molecule has 0 atom stereocenters. The van der Waals surface area contributed by atoms with Crippen molar-refractivity contribution >= 4 is 23.1 Å². The summed E-state index contributed by atoms with van der Waals surface area (Å²) in [5.41, 5.74) is 2.00. The third kappa shape index (κ3) is 3.23. The van der Waals surface area contributed by atoms with Crippen molar-refractivity contribution in [1.82, 2.24) is 14.3 Å². The van der Waals surface area contributed by atoms with E-state index in [9.17, 15) is 9.59 Å². The fourth-order valence-electron chi connectivity index (χ4n) is 3.31. The lowest BCUT2D eigenvalue weighted by atomic mass is 10.1. The number of anilines is 1. The molecule has 0 bridgehead atoms. The highest BCUT2D eigenvalue weighted by Gasteiger charge is 2.23. The summed E-state index contributed by atoms with van der Waals surface area (Å²) in [5.74, 6) is 0.294. The van der Waals surface area contributed by atoms with E-state index in [-0.39, 0.29) is 11.8 Å². The van der Waals surface area contributed by atoms with Crippen LogP contribution in [0.5, 0.6) is 5.75 Å². The van der Waals surface area contributed by atoms with E-state index >= 15 is 0 Å². The van der Waals surface area contributed by atoms with Crippen molar-refractivity contribution in [3.05, 3.63) is 60.0 Å². The molecule has 0 saturated carbocycles. The van der Waals surface area contributed by atoms with Gasteiger partial charge in [-0.15, -0.1) is 0 Å². The second-order valence-electron chi connectivity index (χ2n) is 6.44. The van der Waals surface area contributed by atoms with E-state index < -0.39 is 0 Å². The number of hydrogen-bond donors (Lipinski definition) is 1. The molecule has 0 spiro atoms. The molecular formula is C20H20N4O3. The Bertz CT molecular complexity index is 1010. The molecule has 1 aliphatic rings. The number of nitrogens with one attached hydrogen (secondary N) is 1. The van der Waals surface area contributed by atoms with Crippen LogP contribution in [0.2, 0.25) is 0 Å². The lowest BCUT2D eigenvalue weighted by Crippen LogP contribution is -2.29. The first-order chi connectivity index (χ1) is 13.2. The van der Waals surface area contributed by atoms with Crippen molar-refractivity contribution in [2.75, 3.05) is 25.5 Å². The first kappa shape index (κ1) is 17.1. The Kier molecular flexibility index (Phi) is 4.50. The third-order valence-electron chi connectivity index (χ3n) is 4.75. The average molecular weight is 364 g/mol. The molecule has 138 valence electrons. The smallest absolute Gasteiger partial charge is 0.274 e. The predicted molar refractivity (Wildman–Crippen MR) is 101 cm³/mol. The van der Waals surface area contributed by atoms with Gasteiger partial charge in [-0.2, -0.15) is 0 Å².